The van der Waals surface area contributed by atoms with Crippen LogP contribution in [-0.4, -0.2) is 69.4 Å². The van der Waals surface area contributed by atoms with Gasteiger partial charge in [-0.25, -0.2) is 0 Å². The van der Waals surface area contributed by atoms with Gasteiger partial charge in [-0.3, -0.25) is 14.2 Å². The molecular formula is C61H115N2O7P. The van der Waals surface area contributed by atoms with Gasteiger partial charge in [0, 0.05) is 12.8 Å². The molecule has 0 aliphatic carbocycles. The summed E-state index contributed by atoms with van der Waals surface area (Å²) in [7, 11) is 1.18. The summed E-state index contributed by atoms with van der Waals surface area (Å²) in [5, 5.41) is 3.02. The number of carbonyl (C=O) groups excluding carboxylic acids is 2. The highest BCUT2D eigenvalue weighted by Crippen LogP contribution is 2.38. The van der Waals surface area contributed by atoms with Crippen LogP contribution in [0.15, 0.2) is 48.6 Å². The van der Waals surface area contributed by atoms with Crippen molar-refractivity contribution < 1.29 is 37.3 Å². The highest BCUT2D eigenvalue weighted by Gasteiger charge is 2.27. The molecule has 416 valence electrons. The Hall–Kier alpha value is -2.03. The topological polar surface area (TPSA) is 114 Å². The van der Waals surface area contributed by atoms with Crippen LogP contribution >= 0.6 is 7.82 Å². The second kappa shape index (κ2) is 51.5. The van der Waals surface area contributed by atoms with Crippen LogP contribution in [0.5, 0.6) is 0 Å². The highest BCUT2D eigenvalue weighted by atomic mass is 31.2. The molecule has 0 rings (SSSR count). The first kappa shape index (κ1) is 69.0. The van der Waals surface area contributed by atoms with Crippen LogP contribution in [0.4, 0.5) is 0 Å². The summed E-state index contributed by atoms with van der Waals surface area (Å²) in [5.41, 5.74) is 0. The van der Waals surface area contributed by atoms with E-state index < -0.39 is 20.0 Å². The first-order chi connectivity index (χ1) is 34.4. The zero-order valence-corrected chi connectivity index (χ0v) is 48.3. The molecule has 0 aliphatic heterocycles. The fourth-order valence-corrected chi connectivity index (χ4v) is 9.42. The van der Waals surface area contributed by atoms with E-state index in [0.717, 1.165) is 77.0 Å². The second-order valence-electron chi connectivity index (χ2n) is 21.5. The molecule has 0 heterocycles. The number of rotatable bonds is 54. The molecule has 1 amide bonds. The average Bonchev–Trinajstić information content (AvgIpc) is 3.33. The number of allylic oxidation sites excluding steroid dienone is 7. The van der Waals surface area contributed by atoms with E-state index in [-0.39, 0.29) is 31.5 Å². The van der Waals surface area contributed by atoms with E-state index in [0.29, 0.717) is 17.4 Å². The standard InChI is InChI=1S/C61H115N2O7P/c1-7-10-13-16-19-22-25-27-29-30-31-32-34-35-38-41-44-47-50-53-60(64)62-58(57-69-71(66,67)68-56-55-63(4,5)6)59(52-49-46-43-40-37-24-21-18-15-12-9-3)70-61(65)54-51-48-45-42-39-36-33-28-26-23-20-17-14-11-8-2/h11,14,17,20,23,26,49,52,58-59H,7-10,12-13,15-16,18-19,21-22,24-25,27-48,50-51,53-57H2,1-6H3,(H-,62,64,66,67)/b14-11+,20-17+,26-23+,52-49+. The molecule has 0 saturated carbocycles. The zero-order chi connectivity index (χ0) is 52.2. The average molecular weight is 1020 g/mol. The van der Waals surface area contributed by atoms with Gasteiger partial charge in [0.1, 0.15) is 19.3 Å². The Kier molecular flexibility index (Phi) is 50.0. The summed E-state index contributed by atoms with van der Waals surface area (Å²) >= 11 is 0. The Morgan fingerprint density at radius 3 is 1.34 bits per heavy atom. The van der Waals surface area contributed by atoms with Crippen LogP contribution in [0.2, 0.25) is 0 Å². The third-order valence-corrected chi connectivity index (χ3v) is 14.3. The van der Waals surface area contributed by atoms with Gasteiger partial charge in [0.25, 0.3) is 7.82 Å². The van der Waals surface area contributed by atoms with E-state index >= 15 is 0 Å². The van der Waals surface area contributed by atoms with Crippen molar-refractivity contribution in [3.05, 3.63) is 48.6 Å². The fourth-order valence-electron chi connectivity index (χ4n) is 8.70. The first-order valence-corrected chi connectivity index (χ1v) is 31.4. The van der Waals surface area contributed by atoms with Crippen molar-refractivity contribution in [2.75, 3.05) is 40.9 Å². The van der Waals surface area contributed by atoms with Crippen molar-refractivity contribution in [1.82, 2.24) is 5.32 Å². The number of nitrogens with zero attached hydrogens (tertiary/aromatic N) is 1. The maximum absolute atomic E-state index is 13.5. The van der Waals surface area contributed by atoms with E-state index in [2.05, 4.69) is 62.5 Å². The maximum atomic E-state index is 13.5. The Balaban J connectivity index is 5.23. The summed E-state index contributed by atoms with van der Waals surface area (Å²) in [5.74, 6) is -0.547. The summed E-state index contributed by atoms with van der Waals surface area (Å²) in [6, 6.07) is -0.890. The number of amides is 1. The third kappa shape index (κ3) is 52.6. The number of phosphoric ester groups is 1. The molecule has 3 unspecified atom stereocenters. The number of hydrogen-bond acceptors (Lipinski definition) is 7. The molecule has 0 radical (unpaired) electrons. The molecule has 0 aliphatic rings. The van der Waals surface area contributed by atoms with Crippen LogP contribution in [-0.2, 0) is 27.9 Å². The van der Waals surface area contributed by atoms with Crippen molar-refractivity contribution >= 4 is 19.7 Å². The van der Waals surface area contributed by atoms with Crippen molar-refractivity contribution in [3.8, 4) is 0 Å². The van der Waals surface area contributed by atoms with Gasteiger partial charge >= 0.3 is 5.97 Å². The minimum Gasteiger partial charge on any atom is -0.756 e. The van der Waals surface area contributed by atoms with Gasteiger partial charge in [0.05, 0.1) is 33.8 Å². The minimum absolute atomic E-state index is 0.0235. The van der Waals surface area contributed by atoms with Crippen molar-refractivity contribution in [2.45, 2.75) is 290 Å². The summed E-state index contributed by atoms with van der Waals surface area (Å²) in [4.78, 5) is 39.9. The number of carbonyl (C=O) groups is 2. The molecule has 0 fully saturated rings. The number of phosphoric acid groups is 1. The Morgan fingerprint density at radius 2 is 0.901 bits per heavy atom. The van der Waals surface area contributed by atoms with Crippen LogP contribution in [0, 0.1) is 0 Å². The van der Waals surface area contributed by atoms with Gasteiger partial charge in [-0.15, -0.1) is 0 Å². The largest absolute Gasteiger partial charge is 0.756 e. The Labute approximate surface area is 439 Å². The van der Waals surface area contributed by atoms with Gasteiger partial charge in [0.15, 0.2) is 0 Å². The molecule has 71 heavy (non-hydrogen) atoms. The lowest BCUT2D eigenvalue weighted by atomic mass is 10.0. The Morgan fingerprint density at radius 1 is 0.507 bits per heavy atom. The molecular weight excluding hydrogens is 904 g/mol. The number of quaternary nitrogens is 1. The molecule has 3 atom stereocenters. The zero-order valence-electron chi connectivity index (χ0n) is 47.4. The molecule has 0 bridgehead atoms. The van der Waals surface area contributed by atoms with Gasteiger partial charge in [-0.1, -0.05) is 262 Å². The normalized spacial score (nSPS) is 14.1. The number of unbranched alkanes of at least 4 members (excludes halogenated alkanes) is 34. The quantitative estimate of drug-likeness (QED) is 0.0161. The lowest BCUT2D eigenvalue weighted by Crippen LogP contribution is -2.47. The first-order valence-electron chi connectivity index (χ1n) is 30.0. The Bertz CT molecular complexity index is 1360. The SMILES string of the molecule is CC/C=C/C=C/C=C/CCCCCCCCCC(=O)OC(/C=C/CCCCCCCCCCC)C(COP(=O)([O-])OCC[N+](C)(C)C)NC(=O)CCCCCCCCCCCCCCCCCCCCC. The molecule has 0 aromatic carbocycles. The number of esters is 1. The van der Waals surface area contributed by atoms with E-state index in [4.69, 9.17) is 13.8 Å². The lowest BCUT2D eigenvalue weighted by Gasteiger charge is -2.30. The number of ether oxygens (including phenoxy) is 1. The predicted molar refractivity (Wildman–Crippen MR) is 302 cm³/mol. The van der Waals surface area contributed by atoms with Crippen LogP contribution in [0.25, 0.3) is 0 Å². The van der Waals surface area contributed by atoms with Gasteiger partial charge in [0.2, 0.25) is 5.91 Å². The van der Waals surface area contributed by atoms with E-state index in [1.54, 1.807) is 0 Å². The number of likely N-dealkylation sites (N-methyl/N-ethyl adjacent to an activating group) is 1. The number of nitrogens with one attached hydrogen (secondary N) is 1. The summed E-state index contributed by atoms with van der Waals surface area (Å²) in [6.07, 6.45) is 62.2. The van der Waals surface area contributed by atoms with E-state index in [1.165, 1.54) is 167 Å². The van der Waals surface area contributed by atoms with Crippen LogP contribution in [0.1, 0.15) is 278 Å². The van der Waals surface area contributed by atoms with Crippen molar-refractivity contribution in [2.24, 2.45) is 0 Å². The molecule has 0 aromatic heterocycles. The van der Waals surface area contributed by atoms with Crippen LogP contribution < -0.4 is 10.2 Å². The van der Waals surface area contributed by atoms with Crippen LogP contribution in [0.3, 0.4) is 0 Å². The molecule has 0 saturated heterocycles. The highest BCUT2D eigenvalue weighted by molar-refractivity contribution is 7.45. The molecule has 9 nitrogen and oxygen atoms in total. The summed E-state index contributed by atoms with van der Waals surface area (Å²) in [6.45, 7) is 6.72. The van der Waals surface area contributed by atoms with Crippen molar-refractivity contribution in [3.63, 3.8) is 0 Å². The second-order valence-corrected chi connectivity index (χ2v) is 23.0. The van der Waals surface area contributed by atoms with E-state index in [1.807, 2.05) is 33.3 Å². The van der Waals surface area contributed by atoms with Gasteiger partial charge in [-0.05, 0) is 51.0 Å². The van der Waals surface area contributed by atoms with Gasteiger partial charge in [-0.2, -0.15) is 0 Å². The van der Waals surface area contributed by atoms with E-state index in [9.17, 15) is 19.0 Å². The molecule has 0 aromatic rings. The third-order valence-electron chi connectivity index (χ3n) is 13.3. The van der Waals surface area contributed by atoms with Crippen molar-refractivity contribution in [1.29, 1.82) is 0 Å². The monoisotopic (exact) mass is 1020 g/mol. The minimum atomic E-state index is -4.69. The summed E-state index contributed by atoms with van der Waals surface area (Å²) < 4.78 is 30.2. The van der Waals surface area contributed by atoms with Gasteiger partial charge < -0.3 is 28.5 Å². The number of hydrogen-bond donors (Lipinski definition) is 1. The maximum Gasteiger partial charge on any atom is 0.306 e. The molecule has 0 spiro atoms. The molecule has 10 heteroatoms. The lowest BCUT2D eigenvalue weighted by molar-refractivity contribution is -0.870. The fraction of sp³-hybridized carbons (Fsp3) is 0.836. The predicted octanol–water partition coefficient (Wildman–Crippen LogP) is 17.5. The molecule has 1 N–H and O–H groups in total. The smallest absolute Gasteiger partial charge is 0.306 e.